The molecule has 1 N–H and O–H groups in total. The summed E-state index contributed by atoms with van der Waals surface area (Å²) in [5, 5.41) is 2.69. The van der Waals surface area contributed by atoms with Crippen LogP contribution >= 0.6 is 0 Å². The largest absolute Gasteiger partial charge is 0.486 e. The summed E-state index contributed by atoms with van der Waals surface area (Å²) in [6.07, 6.45) is 4.42. The summed E-state index contributed by atoms with van der Waals surface area (Å²) >= 11 is 0. The van der Waals surface area contributed by atoms with Crippen LogP contribution in [0, 0.1) is 12.7 Å². The number of allylic oxidation sites excluding steroid dienone is 1. The third-order valence-electron chi connectivity index (χ3n) is 4.85. The lowest BCUT2D eigenvalue weighted by Gasteiger charge is -2.39. The number of ketones is 1. The first-order valence-electron chi connectivity index (χ1n) is 9.46. The molecule has 2 aliphatic heterocycles. The molecule has 0 bridgehead atoms. The van der Waals surface area contributed by atoms with Crippen molar-refractivity contribution in [2.45, 2.75) is 20.0 Å². The lowest BCUT2D eigenvalue weighted by Crippen LogP contribution is -2.54. The average molecular weight is 409 g/mol. The van der Waals surface area contributed by atoms with E-state index >= 15 is 0 Å². The number of aromatic nitrogens is 2. The van der Waals surface area contributed by atoms with Gasteiger partial charge in [0, 0.05) is 18.7 Å². The number of hydrogen-bond donors (Lipinski definition) is 1. The summed E-state index contributed by atoms with van der Waals surface area (Å²) in [5.41, 5.74) is 1.93. The molecular formula is C21H20FN5O3. The molecule has 8 nitrogen and oxygen atoms in total. The third kappa shape index (κ3) is 4.19. The lowest BCUT2D eigenvalue weighted by atomic mass is 10.1. The fraction of sp³-hybridized carbons (Fsp3) is 0.286. The number of hydrogen-bond acceptors (Lipinski definition) is 7. The molecule has 30 heavy (non-hydrogen) atoms. The molecule has 9 heteroatoms. The number of aryl methyl sites for hydroxylation is 1. The Morgan fingerprint density at radius 2 is 2.03 bits per heavy atom. The van der Waals surface area contributed by atoms with Crippen molar-refractivity contribution in [3.8, 4) is 5.75 Å². The van der Waals surface area contributed by atoms with Crippen LogP contribution in [0.25, 0.3) is 0 Å². The number of nitrogens with one attached hydrogen (secondary N) is 1. The quantitative estimate of drug-likeness (QED) is 0.782. The Labute approximate surface area is 172 Å². The van der Waals surface area contributed by atoms with Gasteiger partial charge in [-0.05, 0) is 24.6 Å². The Bertz CT molecular complexity index is 1060. The number of Topliss-reactive ketones (excluding diaryl/α,β-unsaturated/α-hetero) is 1. The minimum absolute atomic E-state index is 0.0694. The number of nitrogens with zero attached hydrogens (tertiary/aromatic N) is 4. The van der Waals surface area contributed by atoms with Crippen LogP contribution in [0.2, 0.25) is 0 Å². The van der Waals surface area contributed by atoms with Crippen LogP contribution in [0.4, 0.5) is 10.2 Å². The minimum atomic E-state index is -0.410. The molecule has 1 aromatic carbocycles. The van der Waals surface area contributed by atoms with Gasteiger partial charge >= 0.3 is 0 Å². The average Bonchev–Trinajstić information content (AvgIpc) is 3.16. The summed E-state index contributed by atoms with van der Waals surface area (Å²) in [5.74, 6) is 0.281. The standard InChI is InChI=1S/C21H20FN5O3/c1-12-3-4-14(22)5-19(12)30-16-10-27(11-16)20-9-24-18(8-25-20)21(29)26-15-6-17(13(2)28)23-7-15/h3-6,8-9,16H,7,10-11H2,1-2H3,(H,26,29). The maximum absolute atomic E-state index is 13.4. The van der Waals surface area contributed by atoms with Crippen molar-refractivity contribution in [3.05, 3.63) is 59.4 Å². The van der Waals surface area contributed by atoms with E-state index < -0.39 is 5.91 Å². The van der Waals surface area contributed by atoms with Gasteiger partial charge in [0.15, 0.2) is 5.78 Å². The molecule has 154 valence electrons. The van der Waals surface area contributed by atoms with E-state index in [1.54, 1.807) is 12.1 Å². The zero-order valence-corrected chi connectivity index (χ0v) is 16.6. The van der Waals surface area contributed by atoms with E-state index in [2.05, 4.69) is 20.3 Å². The van der Waals surface area contributed by atoms with Gasteiger partial charge in [-0.15, -0.1) is 0 Å². The van der Waals surface area contributed by atoms with Crippen LogP contribution in [-0.4, -0.2) is 53.1 Å². The van der Waals surface area contributed by atoms with E-state index in [-0.39, 0.29) is 29.9 Å². The van der Waals surface area contributed by atoms with Crippen LogP contribution < -0.4 is 15.0 Å². The maximum Gasteiger partial charge on any atom is 0.275 e. The van der Waals surface area contributed by atoms with Crippen LogP contribution in [-0.2, 0) is 4.79 Å². The van der Waals surface area contributed by atoms with Gasteiger partial charge in [-0.25, -0.2) is 14.4 Å². The van der Waals surface area contributed by atoms with Gasteiger partial charge in [0.25, 0.3) is 5.91 Å². The van der Waals surface area contributed by atoms with Crippen molar-refractivity contribution in [1.29, 1.82) is 0 Å². The van der Waals surface area contributed by atoms with E-state index in [9.17, 15) is 14.0 Å². The SMILES string of the molecule is CC(=O)C1=NCC(NC(=O)c2cnc(N3CC(Oc4cc(F)ccc4C)C3)cn2)=C1. The van der Waals surface area contributed by atoms with Gasteiger partial charge < -0.3 is 15.0 Å². The Morgan fingerprint density at radius 1 is 1.23 bits per heavy atom. The molecule has 0 radical (unpaired) electrons. The molecule has 1 aromatic heterocycles. The smallest absolute Gasteiger partial charge is 0.275 e. The molecule has 2 aliphatic rings. The van der Waals surface area contributed by atoms with Gasteiger partial charge in [-0.3, -0.25) is 14.6 Å². The summed E-state index contributed by atoms with van der Waals surface area (Å²) < 4.78 is 19.2. The third-order valence-corrected chi connectivity index (χ3v) is 4.85. The number of aliphatic imine (C=N–C) groups is 1. The van der Waals surface area contributed by atoms with Crippen molar-refractivity contribution < 1.29 is 18.7 Å². The fourth-order valence-electron chi connectivity index (χ4n) is 3.11. The second-order valence-corrected chi connectivity index (χ2v) is 7.20. The van der Waals surface area contributed by atoms with Crippen LogP contribution in [0.3, 0.4) is 0 Å². The first kappa shape index (κ1) is 19.7. The number of ether oxygens (including phenoxy) is 1. The zero-order valence-electron chi connectivity index (χ0n) is 16.6. The van der Waals surface area contributed by atoms with E-state index in [1.165, 1.54) is 31.5 Å². The van der Waals surface area contributed by atoms with Gasteiger partial charge in [0.05, 0.1) is 32.0 Å². The topological polar surface area (TPSA) is 96.8 Å². The summed E-state index contributed by atoms with van der Waals surface area (Å²) in [4.78, 5) is 38.1. The van der Waals surface area contributed by atoms with E-state index in [4.69, 9.17) is 4.74 Å². The van der Waals surface area contributed by atoms with Crippen molar-refractivity contribution in [1.82, 2.24) is 15.3 Å². The molecule has 1 fully saturated rings. The van der Waals surface area contributed by atoms with Gasteiger partial charge in [0.1, 0.15) is 34.9 Å². The van der Waals surface area contributed by atoms with Crippen LogP contribution in [0.1, 0.15) is 23.0 Å². The Morgan fingerprint density at radius 3 is 2.70 bits per heavy atom. The Hall–Kier alpha value is -3.62. The molecular weight excluding hydrogens is 389 g/mol. The number of benzene rings is 1. The van der Waals surface area contributed by atoms with Crippen LogP contribution in [0.5, 0.6) is 5.75 Å². The number of rotatable bonds is 6. The van der Waals surface area contributed by atoms with Crippen molar-refractivity contribution >= 4 is 23.2 Å². The molecule has 0 aliphatic carbocycles. The van der Waals surface area contributed by atoms with Crippen molar-refractivity contribution in [2.24, 2.45) is 4.99 Å². The second kappa shape index (κ2) is 8.02. The van der Waals surface area contributed by atoms with E-state index in [0.29, 0.717) is 36.1 Å². The molecule has 1 saturated heterocycles. The van der Waals surface area contributed by atoms with Crippen LogP contribution in [0.15, 0.2) is 47.4 Å². The molecule has 0 atom stereocenters. The molecule has 1 amide bonds. The van der Waals surface area contributed by atoms with Gasteiger partial charge in [0.2, 0.25) is 0 Å². The first-order chi connectivity index (χ1) is 14.4. The highest BCUT2D eigenvalue weighted by atomic mass is 19.1. The minimum Gasteiger partial charge on any atom is -0.486 e. The summed E-state index contributed by atoms with van der Waals surface area (Å²) in [6, 6.07) is 4.47. The molecule has 0 spiro atoms. The number of anilines is 1. The first-order valence-corrected chi connectivity index (χ1v) is 9.46. The summed E-state index contributed by atoms with van der Waals surface area (Å²) in [6.45, 7) is 4.73. The molecule has 2 aromatic rings. The second-order valence-electron chi connectivity index (χ2n) is 7.20. The number of amides is 1. The zero-order chi connectivity index (χ0) is 21.3. The van der Waals surface area contributed by atoms with Crippen molar-refractivity contribution in [2.75, 3.05) is 24.5 Å². The number of halogens is 1. The monoisotopic (exact) mass is 409 g/mol. The lowest BCUT2D eigenvalue weighted by molar-refractivity contribution is -0.111. The van der Waals surface area contributed by atoms with Crippen molar-refractivity contribution in [3.63, 3.8) is 0 Å². The van der Waals surface area contributed by atoms with E-state index in [1.807, 2.05) is 11.8 Å². The predicted molar refractivity (Wildman–Crippen MR) is 108 cm³/mol. The van der Waals surface area contributed by atoms with E-state index in [0.717, 1.165) is 5.56 Å². The van der Waals surface area contributed by atoms with Gasteiger partial charge in [-0.1, -0.05) is 6.07 Å². The number of carbonyl (C=O) groups is 2. The Balaban J connectivity index is 1.30. The predicted octanol–water partition coefficient (Wildman–Crippen LogP) is 1.85. The highest BCUT2D eigenvalue weighted by molar-refractivity contribution is 6.44. The summed E-state index contributed by atoms with van der Waals surface area (Å²) in [7, 11) is 0. The molecule has 0 saturated carbocycles. The fourth-order valence-corrected chi connectivity index (χ4v) is 3.11. The molecule has 3 heterocycles. The van der Waals surface area contributed by atoms with Gasteiger partial charge in [-0.2, -0.15) is 0 Å². The highest BCUT2D eigenvalue weighted by Crippen LogP contribution is 2.25. The Kier molecular flexibility index (Phi) is 5.26. The molecule has 4 rings (SSSR count). The normalized spacial score (nSPS) is 15.9. The molecule has 0 unspecified atom stereocenters. The highest BCUT2D eigenvalue weighted by Gasteiger charge is 2.30. The maximum atomic E-state index is 13.4. The number of carbonyl (C=O) groups excluding carboxylic acids is 2.